The minimum Gasteiger partial charge on any atom is -0.370 e. The van der Waals surface area contributed by atoms with Gasteiger partial charge in [0.1, 0.15) is 0 Å². The highest BCUT2D eigenvalue weighted by molar-refractivity contribution is 5.55. The maximum Gasteiger partial charge on any atom is 0.155 e. The fourth-order valence-corrected chi connectivity index (χ4v) is 2.16. The molecule has 0 spiro atoms. The summed E-state index contributed by atoms with van der Waals surface area (Å²) in [7, 11) is 1.49. The van der Waals surface area contributed by atoms with E-state index in [1.807, 2.05) is 0 Å². The molecule has 0 aromatic carbocycles. The van der Waals surface area contributed by atoms with Gasteiger partial charge in [-0.15, -0.1) is 0 Å². The van der Waals surface area contributed by atoms with Gasteiger partial charge in [0.2, 0.25) is 0 Å². The van der Waals surface area contributed by atoms with Gasteiger partial charge >= 0.3 is 0 Å². The van der Waals surface area contributed by atoms with Gasteiger partial charge in [-0.3, -0.25) is 4.99 Å². The van der Waals surface area contributed by atoms with Crippen LogP contribution < -0.4 is 5.32 Å². The van der Waals surface area contributed by atoms with Gasteiger partial charge in [0.25, 0.3) is 0 Å². The third kappa shape index (κ3) is 7.13. The summed E-state index contributed by atoms with van der Waals surface area (Å²) in [5, 5.41) is 12.5. The lowest BCUT2D eigenvalue weighted by atomic mass is 9.95. The number of nitrogens with zero attached hydrogens (tertiary/aromatic N) is 1. The largest absolute Gasteiger partial charge is 0.370 e. The average molecular weight is 266 g/mol. The molecule has 0 aliphatic heterocycles. The summed E-state index contributed by atoms with van der Waals surface area (Å²) in [4.78, 5) is 4.22. The molecule has 1 rings (SSSR count). The number of aliphatic hydroxyl groups excluding tert-OH is 1. The van der Waals surface area contributed by atoms with Gasteiger partial charge in [-0.05, 0) is 25.7 Å². The first-order valence-corrected chi connectivity index (χ1v) is 6.91. The Morgan fingerprint density at radius 2 is 2.42 bits per heavy atom. The van der Waals surface area contributed by atoms with E-state index in [2.05, 4.69) is 42.4 Å². The minimum atomic E-state index is -0.716. The van der Waals surface area contributed by atoms with Crippen LogP contribution in [0.2, 0.25) is 0 Å². The number of hydrogen-bond acceptors (Lipinski definition) is 3. The quantitative estimate of drug-likeness (QED) is 0.335. The van der Waals surface area contributed by atoms with Crippen LogP contribution in [0.1, 0.15) is 33.1 Å². The molecule has 0 bridgehead atoms. The van der Waals surface area contributed by atoms with Crippen molar-refractivity contribution in [2.45, 2.75) is 45.4 Å². The summed E-state index contributed by atoms with van der Waals surface area (Å²) in [6.07, 6.45) is 10.4. The van der Waals surface area contributed by atoms with Crippen molar-refractivity contribution in [2.75, 3.05) is 13.7 Å². The zero-order valence-corrected chi connectivity index (χ0v) is 12.2. The zero-order chi connectivity index (χ0) is 14.1. The highest BCUT2D eigenvalue weighted by Crippen LogP contribution is 2.16. The van der Waals surface area contributed by atoms with Gasteiger partial charge in [0.15, 0.2) is 6.29 Å². The zero-order valence-electron chi connectivity index (χ0n) is 12.2. The molecule has 0 heterocycles. The Morgan fingerprint density at radius 3 is 3.16 bits per heavy atom. The lowest BCUT2D eigenvalue weighted by Crippen LogP contribution is -2.28. The Labute approximate surface area is 116 Å². The van der Waals surface area contributed by atoms with E-state index in [0.29, 0.717) is 24.9 Å². The van der Waals surface area contributed by atoms with E-state index >= 15 is 0 Å². The van der Waals surface area contributed by atoms with Crippen molar-refractivity contribution in [1.82, 2.24) is 5.32 Å². The van der Waals surface area contributed by atoms with E-state index in [0.717, 1.165) is 12.8 Å². The Kier molecular flexibility index (Phi) is 7.45. The van der Waals surface area contributed by atoms with Crippen LogP contribution in [-0.2, 0) is 4.74 Å². The third-order valence-electron chi connectivity index (χ3n) is 3.16. The molecule has 0 amide bonds. The van der Waals surface area contributed by atoms with E-state index in [4.69, 9.17) is 4.74 Å². The molecule has 3 atom stereocenters. The normalized spacial score (nSPS) is 28.5. The highest BCUT2D eigenvalue weighted by Gasteiger charge is 2.09. The van der Waals surface area contributed by atoms with Gasteiger partial charge in [-0.1, -0.05) is 30.7 Å². The smallest absolute Gasteiger partial charge is 0.155 e. The number of hydrogen-bond donors (Lipinski definition) is 2. The van der Waals surface area contributed by atoms with Crippen molar-refractivity contribution >= 4 is 6.34 Å². The molecule has 0 saturated carbocycles. The molecule has 4 heteroatoms. The molecule has 2 N–H and O–H groups in total. The fraction of sp³-hybridized carbons (Fsp3) is 0.667. The van der Waals surface area contributed by atoms with E-state index in [-0.39, 0.29) is 0 Å². The van der Waals surface area contributed by atoms with Crippen molar-refractivity contribution in [3.05, 3.63) is 23.8 Å². The van der Waals surface area contributed by atoms with Crippen LogP contribution in [0.4, 0.5) is 0 Å². The maximum absolute atomic E-state index is 9.20. The first-order chi connectivity index (χ1) is 9.11. The van der Waals surface area contributed by atoms with Crippen LogP contribution >= 0.6 is 0 Å². The molecule has 0 radical (unpaired) electrons. The molecule has 0 aromatic rings. The minimum absolute atomic E-state index is 0.329. The number of ether oxygens (including phenoxy) is 1. The average Bonchev–Trinajstić information content (AvgIpc) is 2.35. The van der Waals surface area contributed by atoms with Gasteiger partial charge in [0.05, 0.1) is 6.34 Å². The summed E-state index contributed by atoms with van der Waals surface area (Å²) in [6.45, 7) is 4.98. The Balaban J connectivity index is 2.30. The standard InChI is InChI=1S/C15H26N2O2/c1-12-5-4-6-14(10-13(2)9-12)17-11-16-8-7-15(18)19-3/h4,6,9,11,13-15,18H,5,7-8,10H2,1-3H3,(H,16,17)/b6-4?,12-9-/t13-,14?,15?/m0/s1. The second-order valence-electron chi connectivity index (χ2n) is 5.15. The second kappa shape index (κ2) is 8.88. The van der Waals surface area contributed by atoms with Gasteiger partial charge in [-0.2, -0.15) is 0 Å². The molecular formula is C15H26N2O2. The topological polar surface area (TPSA) is 53.9 Å². The summed E-state index contributed by atoms with van der Waals surface area (Å²) in [6, 6.07) is 0.329. The van der Waals surface area contributed by atoms with E-state index < -0.39 is 6.29 Å². The fourth-order valence-electron chi connectivity index (χ4n) is 2.16. The molecule has 108 valence electrons. The van der Waals surface area contributed by atoms with Gasteiger partial charge < -0.3 is 15.2 Å². The summed E-state index contributed by atoms with van der Waals surface area (Å²) >= 11 is 0. The van der Waals surface area contributed by atoms with Crippen LogP contribution in [0.5, 0.6) is 0 Å². The molecule has 0 fully saturated rings. The SMILES string of the molecule is COC(O)CC/N=C/NC1C=CC/C(C)=C\[C@H](C)C1. The molecule has 2 unspecified atom stereocenters. The number of methoxy groups -OCH3 is 1. The van der Waals surface area contributed by atoms with Crippen LogP contribution in [-0.4, -0.2) is 37.4 Å². The Morgan fingerprint density at radius 1 is 1.63 bits per heavy atom. The first-order valence-electron chi connectivity index (χ1n) is 6.91. The third-order valence-corrected chi connectivity index (χ3v) is 3.16. The van der Waals surface area contributed by atoms with E-state index in [1.165, 1.54) is 12.7 Å². The number of aliphatic hydroxyl groups is 1. The maximum atomic E-state index is 9.20. The van der Waals surface area contributed by atoms with Crippen molar-refractivity contribution in [3.63, 3.8) is 0 Å². The van der Waals surface area contributed by atoms with Crippen LogP contribution in [0, 0.1) is 5.92 Å². The summed E-state index contributed by atoms with van der Waals surface area (Å²) in [5.74, 6) is 0.575. The second-order valence-corrected chi connectivity index (χ2v) is 5.15. The number of rotatable bonds is 6. The van der Waals surface area contributed by atoms with Crippen molar-refractivity contribution in [1.29, 1.82) is 0 Å². The number of aliphatic imine (C=N–C) groups is 1. The Bertz CT molecular complexity index is 337. The molecule has 0 aromatic heterocycles. The van der Waals surface area contributed by atoms with Gasteiger partial charge in [-0.25, -0.2) is 0 Å². The van der Waals surface area contributed by atoms with E-state index in [9.17, 15) is 5.11 Å². The van der Waals surface area contributed by atoms with Crippen LogP contribution in [0.15, 0.2) is 28.8 Å². The Hall–Kier alpha value is -1.13. The number of allylic oxidation sites excluding steroid dienone is 3. The molecule has 19 heavy (non-hydrogen) atoms. The lowest BCUT2D eigenvalue weighted by molar-refractivity contribution is -0.0761. The predicted octanol–water partition coefficient (Wildman–Crippen LogP) is 2.26. The summed E-state index contributed by atoms with van der Waals surface area (Å²) in [5.41, 5.74) is 1.43. The van der Waals surface area contributed by atoms with Gasteiger partial charge in [0, 0.05) is 26.1 Å². The van der Waals surface area contributed by atoms with Crippen molar-refractivity contribution in [3.8, 4) is 0 Å². The number of nitrogens with one attached hydrogen (secondary N) is 1. The predicted molar refractivity (Wildman–Crippen MR) is 79.2 cm³/mol. The highest BCUT2D eigenvalue weighted by atomic mass is 16.6. The van der Waals surface area contributed by atoms with E-state index in [1.54, 1.807) is 6.34 Å². The molecule has 1 aliphatic rings. The first kappa shape index (κ1) is 15.9. The van der Waals surface area contributed by atoms with Crippen molar-refractivity contribution in [2.24, 2.45) is 10.9 Å². The van der Waals surface area contributed by atoms with Crippen molar-refractivity contribution < 1.29 is 9.84 Å². The lowest BCUT2D eigenvalue weighted by Gasteiger charge is -2.18. The molecule has 4 nitrogen and oxygen atoms in total. The summed E-state index contributed by atoms with van der Waals surface area (Å²) < 4.78 is 4.74. The molecule has 0 saturated heterocycles. The molecule has 1 aliphatic carbocycles. The van der Waals surface area contributed by atoms with Crippen LogP contribution in [0.3, 0.4) is 0 Å². The molecular weight excluding hydrogens is 240 g/mol. The monoisotopic (exact) mass is 266 g/mol. The van der Waals surface area contributed by atoms with Crippen LogP contribution in [0.25, 0.3) is 0 Å².